The summed E-state index contributed by atoms with van der Waals surface area (Å²) in [5.74, 6) is -1.20. The molecule has 3 rings (SSSR count). The SMILES string of the molecule is O=C(Nc1ccc(-n2cncn2)c(F)c1)C(O)c1ccccc1. The number of benzene rings is 2. The predicted molar refractivity (Wildman–Crippen MR) is 81.3 cm³/mol. The Balaban J connectivity index is 1.76. The van der Waals surface area contributed by atoms with Crippen LogP contribution < -0.4 is 5.32 Å². The van der Waals surface area contributed by atoms with Crippen molar-refractivity contribution >= 4 is 11.6 Å². The summed E-state index contributed by atoms with van der Waals surface area (Å²) < 4.78 is 15.4. The van der Waals surface area contributed by atoms with Gasteiger partial charge < -0.3 is 10.4 Å². The number of aromatic nitrogens is 3. The first kappa shape index (κ1) is 14.9. The minimum atomic E-state index is -1.32. The number of rotatable bonds is 4. The number of nitrogens with one attached hydrogen (secondary N) is 1. The zero-order chi connectivity index (χ0) is 16.2. The molecular weight excluding hydrogens is 299 g/mol. The lowest BCUT2D eigenvalue weighted by Crippen LogP contribution is -2.20. The Hall–Kier alpha value is -3.06. The molecule has 2 aromatic carbocycles. The smallest absolute Gasteiger partial charge is 0.257 e. The Bertz CT molecular complexity index is 806. The van der Waals surface area contributed by atoms with Crippen LogP contribution in [0.15, 0.2) is 61.2 Å². The fourth-order valence-corrected chi connectivity index (χ4v) is 2.10. The first-order chi connectivity index (χ1) is 11.1. The molecule has 1 heterocycles. The van der Waals surface area contributed by atoms with E-state index in [0.29, 0.717) is 5.56 Å². The molecule has 0 saturated heterocycles. The second kappa shape index (κ2) is 6.37. The van der Waals surface area contributed by atoms with Gasteiger partial charge in [-0.05, 0) is 23.8 Å². The Labute approximate surface area is 131 Å². The maximum absolute atomic E-state index is 14.1. The van der Waals surface area contributed by atoms with Crippen molar-refractivity contribution in [3.8, 4) is 5.69 Å². The minimum Gasteiger partial charge on any atom is -0.378 e. The maximum Gasteiger partial charge on any atom is 0.257 e. The number of hydrogen-bond donors (Lipinski definition) is 2. The average Bonchev–Trinajstić information content (AvgIpc) is 3.09. The third-order valence-electron chi connectivity index (χ3n) is 3.24. The molecular formula is C16H13FN4O2. The van der Waals surface area contributed by atoms with Crippen LogP contribution in [0.5, 0.6) is 0 Å². The van der Waals surface area contributed by atoms with Crippen molar-refractivity contribution in [1.29, 1.82) is 0 Å². The van der Waals surface area contributed by atoms with E-state index in [2.05, 4.69) is 15.4 Å². The largest absolute Gasteiger partial charge is 0.378 e. The van der Waals surface area contributed by atoms with Crippen molar-refractivity contribution in [3.63, 3.8) is 0 Å². The van der Waals surface area contributed by atoms with Crippen molar-refractivity contribution in [2.45, 2.75) is 6.10 Å². The molecule has 1 unspecified atom stereocenters. The topological polar surface area (TPSA) is 80.0 Å². The van der Waals surface area contributed by atoms with Crippen molar-refractivity contribution in [2.24, 2.45) is 0 Å². The molecule has 2 N–H and O–H groups in total. The van der Waals surface area contributed by atoms with E-state index in [1.807, 2.05) is 0 Å². The molecule has 0 aliphatic carbocycles. The molecule has 1 amide bonds. The van der Waals surface area contributed by atoms with Gasteiger partial charge in [0.05, 0.1) is 0 Å². The van der Waals surface area contributed by atoms with Gasteiger partial charge in [0.2, 0.25) is 0 Å². The van der Waals surface area contributed by atoms with Crippen LogP contribution in [0, 0.1) is 5.82 Å². The molecule has 0 spiro atoms. The third kappa shape index (κ3) is 3.24. The highest BCUT2D eigenvalue weighted by atomic mass is 19.1. The molecule has 23 heavy (non-hydrogen) atoms. The lowest BCUT2D eigenvalue weighted by Gasteiger charge is -2.12. The normalized spacial score (nSPS) is 11.9. The first-order valence-corrected chi connectivity index (χ1v) is 6.83. The van der Waals surface area contributed by atoms with E-state index >= 15 is 0 Å². The lowest BCUT2D eigenvalue weighted by atomic mass is 10.1. The predicted octanol–water partition coefficient (Wildman–Crippen LogP) is 2.08. The molecule has 6 nitrogen and oxygen atoms in total. The van der Waals surface area contributed by atoms with Crippen LogP contribution in [0.2, 0.25) is 0 Å². The number of hydrogen-bond acceptors (Lipinski definition) is 4. The molecule has 116 valence electrons. The zero-order valence-electron chi connectivity index (χ0n) is 11.9. The van der Waals surface area contributed by atoms with E-state index in [-0.39, 0.29) is 11.4 Å². The average molecular weight is 312 g/mol. The number of anilines is 1. The van der Waals surface area contributed by atoms with E-state index < -0.39 is 17.8 Å². The second-order valence-corrected chi connectivity index (χ2v) is 4.81. The number of nitrogens with zero attached hydrogens (tertiary/aromatic N) is 3. The van der Waals surface area contributed by atoms with Crippen LogP contribution in [0.3, 0.4) is 0 Å². The molecule has 0 bridgehead atoms. The van der Waals surface area contributed by atoms with Crippen LogP contribution in [-0.4, -0.2) is 25.8 Å². The van der Waals surface area contributed by atoms with Crippen molar-refractivity contribution in [1.82, 2.24) is 14.8 Å². The number of amides is 1. The quantitative estimate of drug-likeness (QED) is 0.773. The summed E-state index contributed by atoms with van der Waals surface area (Å²) in [5.41, 5.74) is 0.917. The van der Waals surface area contributed by atoms with Gasteiger partial charge in [0.1, 0.15) is 18.3 Å². The number of aliphatic hydroxyl groups excluding tert-OH is 1. The van der Waals surface area contributed by atoms with E-state index in [0.717, 1.165) is 6.07 Å². The van der Waals surface area contributed by atoms with Gasteiger partial charge in [-0.3, -0.25) is 4.79 Å². The summed E-state index contributed by atoms with van der Waals surface area (Å²) in [5, 5.41) is 16.3. The van der Waals surface area contributed by atoms with Gasteiger partial charge in [-0.2, -0.15) is 5.10 Å². The lowest BCUT2D eigenvalue weighted by molar-refractivity contribution is -0.124. The first-order valence-electron chi connectivity index (χ1n) is 6.83. The fraction of sp³-hybridized carbons (Fsp3) is 0.0625. The summed E-state index contributed by atoms with van der Waals surface area (Å²) in [6.45, 7) is 0. The van der Waals surface area contributed by atoms with Crippen LogP contribution in [0.4, 0.5) is 10.1 Å². The standard InChI is InChI=1S/C16H13FN4O2/c17-13-8-12(6-7-14(13)21-10-18-9-19-21)20-16(23)15(22)11-4-2-1-3-5-11/h1-10,15,22H,(H,20,23). The molecule has 1 atom stereocenters. The number of aliphatic hydroxyl groups is 1. The molecule has 0 aliphatic rings. The summed E-state index contributed by atoms with van der Waals surface area (Å²) in [6.07, 6.45) is 1.34. The Morgan fingerprint density at radius 3 is 2.65 bits per heavy atom. The van der Waals surface area contributed by atoms with Gasteiger partial charge in [-0.1, -0.05) is 30.3 Å². The highest BCUT2D eigenvalue weighted by Crippen LogP contribution is 2.19. The third-order valence-corrected chi connectivity index (χ3v) is 3.24. The summed E-state index contributed by atoms with van der Waals surface area (Å²) in [7, 11) is 0. The molecule has 1 aromatic heterocycles. The van der Waals surface area contributed by atoms with Crippen LogP contribution in [0.25, 0.3) is 5.69 Å². The van der Waals surface area contributed by atoms with Crippen molar-refractivity contribution in [3.05, 3.63) is 72.6 Å². The van der Waals surface area contributed by atoms with Crippen LogP contribution in [-0.2, 0) is 4.79 Å². The monoisotopic (exact) mass is 312 g/mol. The van der Waals surface area contributed by atoms with Gasteiger partial charge in [-0.25, -0.2) is 14.1 Å². The molecule has 0 aliphatic heterocycles. The minimum absolute atomic E-state index is 0.212. The van der Waals surface area contributed by atoms with E-state index in [1.165, 1.54) is 29.5 Å². The number of halogens is 1. The van der Waals surface area contributed by atoms with Gasteiger partial charge in [0, 0.05) is 5.69 Å². The van der Waals surface area contributed by atoms with Gasteiger partial charge in [-0.15, -0.1) is 0 Å². The summed E-state index contributed by atoms with van der Waals surface area (Å²) in [4.78, 5) is 15.8. The second-order valence-electron chi connectivity index (χ2n) is 4.81. The summed E-state index contributed by atoms with van der Waals surface area (Å²) in [6, 6.07) is 12.7. The van der Waals surface area contributed by atoms with E-state index in [1.54, 1.807) is 30.3 Å². The molecule has 0 saturated carbocycles. The molecule has 0 fully saturated rings. The van der Waals surface area contributed by atoms with Crippen molar-refractivity contribution < 1.29 is 14.3 Å². The fourth-order valence-electron chi connectivity index (χ4n) is 2.10. The highest BCUT2D eigenvalue weighted by Gasteiger charge is 2.17. The van der Waals surface area contributed by atoms with Gasteiger partial charge in [0.25, 0.3) is 5.91 Å². The maximum atomic E-state index is 14.1. The Morgan fingerprint density at radius 1 is 1.22 bits per heavy atom. The van der Waals surface area contributed by atoms with Crippen LogP contribution in [0.1, 0.15) is 11.7 Å². The number of carbonyl (C=O) groups is 1. The van der Waals surface area contributed by atoms with E-state index in [9.17, 15) is 14.3 Å². The zero-order valence-corrected chi connectivity index (χ0v) is 11.9. The van der Waals surface area contributed by atoms with Crippen molar-refractivity contribution in [2.75, 3.05) is 5.32 Å². The van der Waals surface area contributed by atoms with E-state index in [4.69, 9.17) is 0 Å². The molecule has 3 aromatic rings. The summed E-state index contributed by atoms with van der Waals surface area (Å²) >= 11 is 0. The van der Waals surface area contributed by atoms with Gasteiger partial charge in [0.15, 0.2) is 11.9 Å². The molecule has 7 heteroatoms. The number of carbonyl (C=O) groups excluding carboxylic acids is 1. The highest BCUT2D eigenvalue weighted by molar-refractivity contribution is 5.94. The van der Waals surface area contributed by atoms with Crippen LogP contribution >= 0.6 is 0 Å². The van der Waals surface area contributed by atoms with Gasteiger partial charge >= 0.3 is 0 Å². The molecule has 0 radical (unpaired) electrons. The Morgan fingerprint density at radius 2 is 2.00 bits per heavy atom. The Kier molecular flexibility index (Phi) is 4.11.